The zero-order chi connectivity index (χ0) is 8.82. The lowest BCUT2D eigenvalue weighted by atomic mass is 9.87. The molecule has 2 fully saturated rings. The van der Waals surface area contributed by atoms with Gasteiger partial charge in [-0.25, -0.2) is 0 Å². The molecule has 1 nitrogen and oxygen atoms in total. The average molecular weight is 167 g/mol. The van der Waals surface area contributed by atoms with Crippen LogP contribution >= 0.6 is 0 Å². The van der Waals surface area contributed by atoms with Gasteiger partial charge in [0, 0.05) is 0 Å². The molecule has 1 N–H and O–H groups in total. The van der Waals surface area contributed by atoms with Crippen molar-refractivity contribution < 1.29 is 0 Å². The van der Waals surface area contributed by atoms with Crippen LogP contribution in [0.25, 0.3) is 0 Å². The summed E-state index contributed by atoms with van der Waals surface area (Å²) in [4.78, 5) is 0. The van der Waals surface area contributed by atoms with Crippen molar-refractivity contribution in [1.82, 2.24) is 5.32 Å². The fourth-order valence-electron chi connectivity index (χ4n) is 2.57. The van der Waals surface area contributed by atoms with Crippen molar-refractivity contribution in [3.8, 4) is 0 Å². The Morgan fingerprint density at radius 2 is 2.00 bits per heavy atom. The van der Waals surface area contributed by atoms with Crippen LogP contribution in [0.1, 0.15) is 40.0 Å². The minimum atomic E-state index is 0.704. The number of hydrogen-bond acceptors (Lipinski definition) is 1. The van der Waals surface area contributed by atoms with Gasteiger partial charge in [-0.2, -0.15) is 0 Å². The Morgan fingerprint density at radius 3 is 2.50 bits per heavy atom. The zero-order valence-electron chi connectivity index (χ0n) is 8.61. The van der Waals surface area contributed by atoms with Gasteiger partial charge in [0.25, 0.3) is 0 Å². The van der Waals surface area contributed by atoms with Crippen molar-refractivity contribution in [3.05, 3.63) is 0 Å². The van der Waals surface area contributed by atoms with Gasteiger partial charge in [-0.05, 0) is 49.1 Å². The molecule has 0 bridgehead atoms. The van der Waals surface area contributed by atoms with Crippen molar-refractivity contribution in [1.29, 1.82) is 0 Å². The van der Waals surface area contributed by atoms with Gasteiger partial charge in [-0.3, -0.25) is 0 Å². The predicted octanol–water partition coefficient (Wildman–Crippen LogP) is 2.42. The highest BCUT2D eigenvalue weighted by Crippen LogP contribution is 2.72. The molecule has 2 saturated carbocycles. The van der Waals surface area contributed by atoms with E-state index in [1.165, 1.54) is 25.8 Å². The summed E-state index contributed by atoms with van der Waals surface area (Å²) in [5.41, 5.74) is 1.43. The second kappa shape index (κ2) is 2.47. The summed E-state index contributed by atoms with van der Waals surface area (Å²) in [7, 11) is 0. The number of hydrogen-bond donors (Lipinski definition) is 1. The normalized spacial score (nSPS) is 42.8. The van der Waals surface area contributed by atoms with Crippen molar-refractivity contribution in [2.24, 2.45) is 16.7 Å². The van der Waals surface area contributed by atoms with Gasteiger partial charge in [0.15, 0.2) is 0 Å². The quantitative estimate of drug-likeness (QED) is 0.678. The van der Waals surface area contributed by atoms with E-state index in [-0.39, 0.29) is 0 Å². The first kappa shape index (κ1) is 8.55. The van der Waals surface area contributed by atoms with Crippen LogP contribution in [0.3, 0.4) is 0 Å². The highest BCUT2D eigenvalue weighted by atomic mass is 14.9. The average Bonchev–Trinajstić information content (AvgIpc) is 2.89. The van der Waals surface area contributed by atoms with Gasteiger partial charge in [0.05, 0.1) is 0 Å². The molecule has 70 valence electrons. The molecular formula is C11H21N. The Hall–Kier alpha value is -0.0400. The maximum atomic E-state index is 3.47. The highest BCUT2D eigenvalue weighted by Gasteiger charge is 2.65. The SMILES string of the molecule is CCNCC1CC1(C)C1(C)CC1. The van der Waals surface area contributed by atoms with Gasteiger partial charge in [0.2, 0.25) is 0 Å². The predicted molar refractivity (Wildman–Crippen MR) is 52.1 cm³/mol. The maximum Gasteiger partial charge on any atom is -0.00150 e. The molecule has 12 heavy (non-hydrogen) atoms. The molecule has 0 aromatic rings. The van der Waals surface area contributed by atoms with Crippen LogP contribution < -0.4 is 5.32 Å². The molecule has 1 heteroatoms. The Morgan fingerprint density at radius 1 is 1.33 bits per heavy atom. The molecule has 0 amide bonds. The zero-order valence-corrected chi connectivity index (χ0v) is 8.61. The van der Waals surface area contributed by atoms with Crippen LogP contribution in [-0.2, 0) is 0 Å². The number of rotatable bonds is 4. The van der Waals surface area contributed by atoms with E-state index in [0.717, 1.165) is 17.9 Å². The van der Waals surface area contributed by atoms with E-state index < -0.39 is 0 Å². The molecule has 2 atom stereocenters. The molecule has 0 radical (unpaired) electrons. The Bertz CT molecular complexity index is 183. The monoisotopic (exact) mass is 167 g/mol. The van der Waals surface area contributed by atoms with Crippen LogP contribution in [0.2, 0.25) is 0 Å². The molecule has 2 unspecified atom stereocenters. The summed E-state index contributed by atoms with van der Waals surface area (Å²) in [6, 6.07) is 0. The van der Waals surface area contributed by atoms with Gasteiger partial charge < -0.3 is 5.32 Å². The second-order valence-electron chi connectivity index (χ2n) is 5.19. The molecule has 2 aliphatic carbocycles. The molecule has 2 rings (SSSR count). The van der Waals surface area contributed by atoms with Gasteiger partial charge in [0.1, 0.15) is 0 Å². The van der Waals surface area contributed by atoms with E-state index in [0.29, 0.717) is 5.41 Å². The summed E-state index contributed by atoms with van der Waals surface area (Å²) in [6.07, 6.45) is 4.43. The first-order valence-electron chi connectivity index (χ1n) is 5.33. The van der Waals surface area contributed by atoms with Gasteiger partial charge in [-0.1, -0.05) is 20.8 Å². The largest absolute Gasteiger partial charge is 0.317 e. The molecule has 0 aromatic heterocycles. The third-order valence-corrected chi connectivity index (χ3v) is 4.43. The standard InChI is InChI=1S/C11H21N/c1-4-12-8-9-7-11(9,3)10(2)5-6-10/h9,12H,4-8H2,1-3H3. The molecule has 0 heterocycles. The topological polar surface area (TPSA) is 12.0 Å². The second-order valence-corrected chi connectivity index (χ2v) is 5.19. The first-order chi connectivity index (χ1) is 5.62. The van der Waals surface area contributed by atoms with Crippen LogP contribution in [0, 0.1) is 16.7 Å². The van der Waals surface area contributed by atoms with Crippen molar-refractivity contribution in [2.45, 2.75) is 40.0 Å². The minimum absolute atomic E-state index is 0.704. The lowest BCUT2D eigenvalue weighted by Crippen LogP contribution is -2.21. The van der Waals surface area contributed by atoms with Crippen molar-refractivity contribution in [3.63, 3.8) is 0 Å². The summed E-state index contributed by atoms with van der Waals surface area (Å²) in [6.45, 7) is 9.53. The first-order valence-corrected chi connectivity index (χ1v) is 5.33. The molecular weight excluding hydrogens is 146 g/mol. The smallest absolute Gasteiger partial charge is 0.00150 e. The fraction of sp³-hybridized carbons (Fsp3) is 1.00. The summed E-state index contributed by atoms with van der Waals surface area (Å²) >= 11 is 0. The lowest BCUT2D eigenvalue weighted by Gasteiger charge is -2.19. The Kier molecular flexibility index (Phi) is 1.76. The van der Waals surface area contributed by atoms with E-state index in [1.54, 1.807) is 0 Å². The molecule has 2 aliphatic rings. The van der Waals surface area contributed by atoms with Gasteiger partial charge >= 0.3 is 0 Å². The molecule has 0 saturated heterocycles. The fourth-order valence-corrected chi connectivity index (χ4v) is 2.57. The summed E-state index contributed by atoms with van der Waals surface area (Å²) in [5.74, 6) is 0.977. The van der Waals surface area contributed by atoms with E-state index in [4.69, 9.17) is 0 Å². The lowest BCUT2D eigenvalue weighted by molar-refractivity contribution is 0.303. The van der Waals surface area contributed by atoms with E-state index >= 15 is 0 Å². The summed E-state index contributed by atoms with van der Waals surface area (Å²) < 4.78 is 0. The minimum Gasteiger partial charge on any atom is -0.317 e. The highest BCUT2D eigenvalue weighted by molar-refractivity contribution is 5.14. The summed E-state index contributed by atoms with van der Waals surface area (Å²) in [5, 5.41) is 3.47. The molecule has 0 aliphatic heterocycles. The van der Waals surface area contributed by atoms with E-state index in [9.17, 15) is 0 Å². The van der Waals surface area contributed by atoms with E-state index in [2.05, 4.69) is 26.1 Å². The van der Waals surface area contributed by atoms with Crippen molar-refractivity contribution >= 4 is 0 Å². The molecule has 0 aromatic carbocycles. The third kappa shape index (κ3) is 1.10. The van der Waals surface area contributed by atoms with Crippen LogP contribution in [-0.4, -0.2) is 13.1 Å². The van der Waals surface area contributed by atoms with Gasteiger partial charge in [-0.15, -0.1) is 0 Å². The Labute approximate surface area is 75.9 Å². The van der Waals surface area contributed by atoms with Crippen LogP contribution in [0.5, 0.6) is 0 Å². The van der Waals surface area contributed by atoms with Crippen LogP contribution in [0.15, 0.2) is 0 Å². The maximum absolute atomic E-state index is 3.47. The van der Waals surface area contributed by atoms with Crippen LogP contribution in [0.4, 0.5) is 0 Å². The Balaban J connectivity index is 1.84. The van der Waals surface area contributed by atoms with Crippen molar-refractivity contribution in [2.75, 3.05) is 13.1 Å². The molecule has 0 spiro atoms. The number of nitrogens with one attached hydrogen (secondary N) is 1. The van der Waals surface area contributed by atoms with E-state index in [1.807, 2.05) is 0 Å². The third-order valence-electron chi connectivity index (χ3n) is 4.43.